The molecule has 23 heavy (non-hydrogen) atoms. The zero-order chi connectivity index (χ0) is 16.2. The van der Waals surface area contributed by atoms with E-state index in [0.717, 1.165) is 28.1 Å². The van der Waals surface area contributed by atoms with Crippen LogP contribution in [0.4, 0.5) is 0 Å². The number of hydrogen-bond donors (Lipinski definition) is 1. The van der Waals surface area contributed by atoms with Gasteiger partial charge in [-0.3, -0.25) is 4.79 Å². The second kappa shape index (κ2) is 6.87. The normalized spacial score (nSPS) is 10.9. The molecule has 1 N–H and O–H groups in total. The summed E-state index contributed by atoms with van der Waals surface area (Å²) in [6, 6.07) is 13.4. The van der Waals surface area contributed by atoms with Gasteiger partial charge < -0.3 is 9.72 Å². The largest absolute Gasteiger partial charge is 0.492 e. The number of aromatic amines is 1. The van der Waals surface area contributed by atoms with Crippen molar-refractivity contribution in [1.82, 2.24) is 9.97 Å². The Bertz CT molecular complexity index is 869. The summed E-state index contributed by atoms with van der Waals surface area (Å²) in [5, 5.41) is 1.24. The van der Waals surface area contributed by atoms with Gasteiger partial charge >= 0.3 is 0 Å². The Hall–Kier alpha value is -2.27. The maximum atomic E-state index is 12.0. The van der Waals surface area contributed by atoms with Crippen molar-refractivity contribution in [2.45, 2.75) is 19.0 Å². The Morgan fingerprint density at radius 3 is 2.61 bits per heavy atom. The molecule has 0 aliphatic rings. The van der Waals surface area contributed by atoms with Crippen LogP contribution in [-0.2, 0) is 0 Å². The highest BCUT2D eigenvalue weighted by Gasteiger charge is 2.05. The predicted octanol–water partition coefficient (Wildman–Crippen LogP) is 3.71. The highest BCUT2D eigenvalue weighted by Crippen LogP contribution is 2.23. The molecule has 5 heteroatoms. The number of benzene rings is 2. The van der Waals surface area contributed by atoms with Gasteiger partial charge in [-0.05, 0) is 37.1 Å². The van der Waals surface area contributed by atoms with Gasteiger partial charge in [-0.1, -0.05) is 42.1 Å². The molecule has 0 aliphatic carbocycles. The fourth-order valence-electron chi connectivity index (χ4n) is 2.44. The minimum absolute atomic E-state index is 0.103. The molecule has 0 spiro atoms. The van der Waals surface area contributed by atoms with Crippen molar-refractivity contribution in [1.29, 1.82) is 0 Å². The van der Waals surface area contributed by atoms with Crippen molar-refractivity contribution in [3.63, 3.8) is 0 Å². The smallest absolute Gasteiger partial charge is 0.259 e. The molecule has 0 radical (unpaired) electrons. The summed E-state index contributed by atoms with van der Waals surface area (Å²) in [4.78, 5) is 19.3. The van der Waals surface area contributed by atoms with Gasteiger partial charge in [-0.25, -0.2) is 4.98 Å². The average Bonchev–Trinajstić information content (AvgIpc) is 2.54. The van der Waals surface area contributed by atoms with Crippen LogP contribution in [0.3, 0.4) is 0 Å². The maximum absolute atomic E-state index is 12.0. The van der Waals surface area contributed by atoms with Crippen LogP contribution >= 0.6 is 11.8 Å². The molecule has 0 aliphatic heterocycles. The van der Waals surface area contributed by atoms with E-state index in [1.54, 1.807) is 6.07 Å². The van der Waals surface area contributed by atoms with Crippen molar-refractivity contribution in [2.24, 2.45) is 0 Å². The van der Waals surface area contributed by atoms with Crippen LogP contribution in [0.2, 0.25) is 0 Å². The first kappa shape index (κ1) is 15.6. The van der Waals surface area contributed by atoms with E-state index in [1.165, 1.54) is 11.8 Å². The van der Waals surface area contributed by atoms with Crippen molar-refractivity contribution < 1.29 is 4.74 Å². The number of aromatic nitrogens is 2. The van der Waals surface area contributed by atoms with E-state index in [2.05, 4.69) is 9.97 Å². The van der Waals surface area contributed by atoms with Crippen LogP contribution in [-0.4, -0.2) is 22.3 Å². The van der Waals surface area contributed by atoms with Gasteiger partial charge in [-0.2, -0.15) is 0 Å². The predicted molar refractivity (Wildman–Crippen MR) is 94.5 cm³/mol. The van der Waals surface area contributed by atoms with Gasteiger partial charge in [0.15, 0.2) is 5.16 Å². The standard InChI is InChI=1S/C18H18N2O2S/c1-12-6-5-7-13(2)16(12)22-10-11-23-18-19-15-9-4-3-8-14(15)17(21)20-18/h3-9H,10-11H2,1-2H3,(H,19,20,21). The second-order valence-corrected chi connectivity index (χ2v) is 6.39. The first-order valence-corrected chi connectivity index (χ1v) is 8.44. The molecule has 1 heterocycles. The molecule has 2 aromatic carbocycles. The van der Waals surface area contributed by atoms with Gasteiger partial charge in [0.1, 0.15) is 5.75 Å². The quantitative estimate of drug-likeness (QED) is 0.441. The zero-order valence-corrected chi connectivity index (χ0v) is 13.9. The Morgan fingerprint density at radius 2 is 1.83 bits per heavy atom. The first-order chi connectivity index (χ1) is 11.1. The number of thioether (sulfide) groups is 1. The van der Waals surface area contributed by atoms with E-state index in [1.807, 2.05) is 50.2 Å². The molecule has 1 aromatic heterocycles. The van der Waals surface area contributed by atoms with Crippen LogP contribution < -0.4 is 10.3 Å². The summed E-state index contributed by atoms with van der Waals surface area (Å²) in [6.07, 6.45) is 0. The minimum atomic E-state index is -0.103. The molecule has 0 saturated heterocycles. The molecule has 3 aromatic rings. The highest BCUT2D eigenvalue weighted by molar-refractivity contribution is 7.99. The summed E-state index contributed by atoms with van der Waals surface area (Å²) in [7, 11) is 0. The maximum Gasteiger partial charge on any atom is 0.259 e. The molecule has 3 rings (SSSR count). The number of para-hydroxylation sites is 2. The molecule has 0 saturated carbocycles. The van der Waals surface area contributed by atoms with Gasteiger partial charge in [-0.15, -0.1) is 0 Å². The van der Waals surface area contributed by atoms with E-state index < -0.39 is 0 Å². The Morgan fingerprint density at radius 1 is 1.09 bits per heavy atom. The first-order valence-electron chi connectivity index (χ1n) is 7.46. The average molecular weight is 326 g/mol. The molecule has 0 fully saturated rings. The van der Waals surface area contributed by atoms with Crippen molar-refractivity contribution in [2.75, 3.05) is 12.4 Å². The molecule has 118 valence electrons. The molecule has 0 amide bonds. The van der Waals surface area contributed by atoms with E-state index in [0.29, 0.717) is 17.1 Å². The zero-order valence-electron chi connectivity index (χ0n) is 13.1. The van der Waals surface area contributed by atoms with Crippen LogP contribution in [0.5, 0.6) is 5.75 Å². The van der Waals surface area contributed by atoms with Crippen LogP contribution in [0.25, 0.3) is 10.9 Å². The number of fused-ring (bicyclic) bond motifs is 1. The highest BCUT2D eigenvalue weighted by atomic mass is 32.2. The van der Waals surface area contributed by atoms with E-state index in [4.69, 9.17) is 4.74 Å². The monoisotopic (exact) mass is 326 g/mol. The van der Waals surface area contributed by atoms with E-state index in [-0.39, 0.29) is 5.56 Å². The van der Waals surface area contributed by atoms with Crippen molar-refractivity contribution >= 4 is 22.7 Å². The summed E-state index contributed by atoms with van der Waals surface area (Å²) in [5.74, 6) is 1.66. The third-order valence-electron chi connectivity index (χ3n) is 3.57. The third-order valence-corrected chi connectivity index (χ3v) is 4.41. The van der Waals surface area contributed by atoms with Gasteiger partial charge in [0.25, 0.3) is 5.56 Å². The van der Waals surface area contributed by atoms with E-state index >= 15 is 0 Å². The molecule has 4 nitrogen and oxygen atoms in total. The summed E-state index contributed by atoms with van der Waals surface area (Å²) < 4.78 is 5.87. The van der Waals surface area contributed by atoms with Crippen LogP contribution in [0, 0.1) is 13.8 Å². The molecule has 0 unspecified atom stereocenters. The van der Waals surface area contributed by atoms with Crippen molar-refractivity contribution in [3.05, 3.63) is 63.9 Å². The number of ether oxygens (including phenoxy) is 1. The fraction of sp³-hybridized carbons (Fsp3) is 0.222. The van der Waals surface area contributed by atoms with E-state index in [9.17, 15) is 4.79 Å². The number of aryl methyl sites for hydroxylation is 2. The molecular weight excluding hydrogens is 308 g/mol. The Labute approximate surface area is 138 Å². The SMILES string of the molecule is Cc1cccc(C)c1OCCSc1nc2ccccc2c(=O)[nH]1. The Kier molecular flexibility index (Phi) is 4.67. The molecular formula is C18H18N2O2S. The lowest BCUT2D eigenvalue weighted by molar-refractivity contribution is 0.339. The fourth-order valence-corrected chi connectivity index (χ4v) is 3.13. The van der Waals surface area contributed by atoms with Crippen molar-refractivity contribution in [3.8, 4) is 5.75 Å². The van der Waals surface area contributed by atoms with Gasteiger partial charge in [0, 0.05) is 5.75 Å². The Balaban J connectivity index is 1.64. The lowest BCUT2D eigenvalue weighted by atomic mass is 10.1. The number of hydrogen-bond acceptors (Lipinski definition) is 4. The lowest BCUT2D eigenvalue weighted by Crippen LogP contribution is -2.10. The second-order valence-electron chi connectivity index (χ2n) is 5.31. The summed E-state index contributed by atoms with van der Waals surface area (Å²) >= 11 is 1.49. The summed E-state index contributed by atoms with van der Waals surface area (Å²) in [6.45, 7) is 4.64. The molecule has 0 atom stereocenters. The topological polar surface area (TPSA) is 55.0 Å². The number of H-pyrrole nitrogens is 1. The lowest BCUT2D eigenvalue weighted by Gasteiger charge is -2.11. The number of rotatable bonds is 5. The summed E-state index contributed by atoms with van der Waals surface area (Å²) in [5.41, 5.74) is 2.88. The number of nitrogens with zero attached hydrogens (tertiary/aromatic N) is 1. The molecule has 0 bridgehead atoms. The van der Waals surface area contributed by atoms with Crippen LogP contribution in [0.1, 0.15) is 11.1 Å². The van der Waals surface area contributed by atoms with Gasteiger partial charge in [0.05, 0.1) is 17.5 Å². The third kappa shape index (κ3) is 3.56. The van der Waals surface area contributed by atoms with Gasteiger partial charge in [0.2, 0.25) is 0 Å². The van der Waals surface area contributed by atoms with Crippen LogP contribution in [0.15, 0.2) is 52.4 Å². The number of nitrogens with one attached hydrogen (secondary N) is 1. The minimum Gasteiger partial charge on any atom is -0.492 e.